The number of nitrogens with zero attached hydrogens (tertiary/aromatic N) is 1. The fraction of sp³-hybridized carbons (Fsp3) is 0.267. The summed E-state index contributed by atoms with van der Waals surface area (Å²) in [4.78, 5) is 3.95. The van der Waals surface area contributed by atoms with E-state index in [1.807, 2.05) is 26.0 Å². The van der Waals surface area contributed by atoms with Crippen LogP contribution in [0.1, 0.15) is 19.4 Å². The number of benzene rings is 1. The molecule has 0 aliphatic heterocycles. The molecule has 0 saturated heterocycles. The van der Waals surface area contributed by atoms with Crippen molar-refractivity contribution in [1.29, 1.82) is 0 Å². The molecule has 0 amide bonds. The predicted molar refractivity (Wildman–Crippen MR) is 80.4 cm³/mol. The molecule has 0 saturated carbocycles. The van der Waals surface area contributed by atoms with Gasteiger partial charge in [0, 0.05) is 28.8 Å². The molecular weight excluding hydrogens is 323 g/mol. The quantitative estimate of drug-likeness (QED) is 0.883. The first-order valence-corrected chi connectivity index (χ1v) is 7.15. The van der Waals surface area contributed by atoms with E-state index in [4.69, 9.17) is 4.74 Å². The van der Waals surface area contributed by atoms with Crippen molar-refractivity contribution in [3.63, 3.8) is 0 Å². The van der Waals surface area contributed by atoms with Gasteiger partial charge in [-0.05, 0) is 24.3 Å². The molecule has 0 aliphatic rings. The smallest absolute Gasteiger partial charge is 0.256 e. The zero-order chi connectivity index (χ0) is 14.5. The number of rotatable bonds is 5. The maximum atomic E-state index is 14.3. The van der Waals surface area contributed by atoms with Gasteiger partial charge in [0.2, 0.25) is 0 Å². The van der Waals surface area contributed by atoms with Crippen LogP contribution in [-0.2, 0) is 6.54 Å². The minimum absolute atomic E-state index is 0.00819. The van der Waals surface area contributed by atoms with Crippen LogP contribution in [0.2, 0.25) is 0 Å². The Morgan fingerprint density at radius 1 is 1.35 bits per heavy atom. The number of aromatic nitrogens is 1. The Morgan fingerprint density at radius 3 is 2.85 bits per heavy atom. The minimum Gasteiger partial charge on any atom is -0.436 e. The summed E-state index contributed by atoms with van der Waals surface area (Å²) in [5.41, 5.74) is 0.540. The summed E-state index contributed by atoms with van der Waals surface area (Å²) in [6.45, 7) is 4.47. The van der Waals surface area contributed by atoms with Crippen LogP contribution in [0, 0.1) is 5.82 Å². The molecule has 1 N–H and O–H groups in total. The van der Waals surface area contributed by atoms with E-state index in [1.54, 1.807) is 24.4 Å². The molecule has 5 heteroatoms. The summed E-state index contributed by atoms with van der Waals surface area (Å²) in [6.07, 6.45) is 1.55. The molecule has 0 atom stereocenters. The van der Waals surface area contributed by atoms with Crippen molar-refractivity contribution in [2.75, 3.05) is 0 Å². The fourth-order valence-corrected chi connectivity index (χ4v) is 2.00. The predicted octanol–water partition coefficient (Wildman–Crippen LogP) is 4.27. The third-order valence-corrected chi connectivity index (χ3v) is 3.14. The number of ether oxygens (including phenoxy) is 1. The molecule has 0 aliphatic carbocycles. The van der Waals surface area contributed by atoms with Crippen molar-refractivity contribution >= 4 is 15.9 Å². The van der Waals surface area contributed by atoms with Gasteiger partial charge < -0.3 is 10.1 Å². The summed E-state index contributed by atoms with van der Waals surface area (Å²) in [5.74, 6) is 0.103. The fourth-order valence-electron chi connectivity index (χ4n) is 1.63. The molecule has 1 aromatic heterocycles. The Kier molecular flexibility index (Phi) is 5.09. The molecule has 0 radical (unpaired) electrons. The average Bonchev–Trinajstić information content (AvgIpc) is 2.40. The lowest BCUT2D eigenvalue weighted by Crippen LogP contribution is -2.22. The molecule has 3 nitrogen and oxygen atoms in total. The molecule has 2 rings (SSSR count). The average molecular weight is 339 g/mol. The lowest BCUT2D eigenvalue weighted by Gasteiger charge is -2.11. The lowest BCUT2D eigenvalue weighted by molar-refractivity contribution is 0.416. The van der Waals surface area contributed by atoms with Crippen molar-refractivity contribution in [2.24, 2.45) is 0 Å². The molecule has 0 unspecified atom stereocenters. The highest BCUT2D eigenvalue weighted by Gasteiger charge is 2.12. The van der Waals surface area contributed by atoms with Gasteiger partial charge in [-0.15, -0.1) is 0 Å². The van der Waals surface area contributed by atoms with Gasteiger partial charge in [-0.1, -0.05) is 35.8 Å². The van der Waals surface area contributed by atoms with Gasteiger partial charge in [0.15, 0.2) is 5.82 Å². The van der Waals surface area contributed by atoms with Gasteiger partial charge in [-0.3, -0.25) is 0 Å². The van der Waals surface area contributed by atoms with Crippen LogP contribution in [0.15, 0.2) is 41.0 Å². The number of hydrogen-bond donors (Lipinski definition) is 1. The first kappa shape index (κ1) is 14.9. The lowest BCUT2D eigenvalue weighted by atomic mass is 10.2. The number of halogens is 2. The van der Waals surface area contributed by atoms with Crippen LogP contribution in [0.4, 0.5) is 4.39 Å². The highest BCUT2D eigenvalue weighted by atomic mass is 79.9. The summed E-state index contributed by atoms with van der Waals surface area (Å²) >= 11 is 3.35. The van der Waals surface area contributed by atoms with Gasteiger partial charge in [-0.25, -0.2) is 9.37 Å². The van der Waals surface area contributed by atoms with E-state index >= 15 is 0 Å². The number of pyridine rings is 1. The second kappa shape index (κ2) is 6.81. The zero-order valence-corrected chi connectivity index (χ0v) is 12.9. The van der Waals surface area contributed by atoms with Crippen LogP contribution in [0.5, 0.6) is 11.6 Å². The number of nitrogens with one attached hydrogen (secondary N) is 1. The number of hydrogen-bond acceptors (Lipinski definition) is 3. The molecule has 0 bridgehead atoms. The van der Waals surface area contributed by atoms with Crippen molar-refractivity contribution in [2.45, 2.75) is 26.4 Å². The van der Waals surface area contributed by atoms with Crippen molar-refractivity contribution in [3.05, 3.63) is 52.4 Å². The molecule has 20 heavy (non-hydrogen) atoms. The van der Waals surface area contributed by atoms with Crippen LogP contribution in [0.25, 0.3) is 0 Å². The monoisotopic (exact) mass is 338 g/mol. The van der Waals surface area contributed by atoms with E-state index in [0.717, 1.165) is 4.47 Å². The summed E-state index contributed by atoms with van der Waals surface area (Å²) in [6, 6.07) is 9.15. The van der Waals surface area contributed by atoms with Crippen molar-refractivity contribution < 1.29 is 9.13 Å². The van der Waals surface area contributed by atoms with Crippen molar-refractivity contribution in [1.82, 2.24) is 10.3 Å². The Balaban J connectivity index is 2.18. The van der Waals surface area contributed by atoms with Crippen molar-refractivity contribution in [3.8, 4) is 11.6 Å². The molecule has 106 valence electrons. The topological polar surface area (TPSA) is 34.2 Å². The second-order valence-electron chi connectivity index (χ2n) is 4.68. The third kappa shape index (κ3) is 4.02. The summed E-state index contributed by atoms with van der Waals surface area (Å²) in [5, 5.41) is 3.17. The second-order valence-corrected chi connectivity index (χ2v) is 5.60. The SMILES string of the molecule is CC(C)NCc1ccnc(Oc2cccc(Br)c2)c1F. The van der Waals surface area contributed by atoms with Gasteiger partial charge in [-0.2, -0.15) is 0 Å². The molecule has 1 aromatic carbocycles. The molecule has 1 heterocycles. The van der Waals surface area contributed by atoms with E-state index in [-0.39, 0.29) is 11.9 Å². The first-order valence-electron chi connectivity index (χ1n) is 6.36. The summed E-state index contributed by atoms with van der Waals surface area (Å²) < 4.78 is 20.6. The highest BCUT2D eigenvalue weighted by Crippen LogP contribution is 2.26. The first-order chi connectivity index (χ1) is 9.56. The highest BCUT2D eigenvalue weighted by molar-refractivity contribution is 9.10. The van der Waals surface area contributed by atoms with E-state index in [9.17, 15) is 4.39 Å². The largest absolute Gasteiger partial charge is 0.436 e. The van der Waals surface area contributed by atoms with E-state index in [2.05, 4.69) is 26.2 Å². The van der Waals surface area contributed by atoms with E-state index in [0.29, 0.717) is 17.9 Å². The van der Waals surface area contributed by atoms with Crippen LogP contribution in [0.3, 0.4) is 0 Å². The standard InChI is InChI=1S/C15H16BrFN2O/c1-10(2)19-9-11-6-7-18-15(14(11)17)20-13-5-3-4-12(16)8-13/h3-8,10,19H,9H2,1-2H3. The normalized spacial score (nSPS) is 10.8. The molecule has 0 spiro atoms. The van der Waals surface area contributed by atoms with Gasteiger partial charge in [0.25, 0.3) is 5.88 Å². The molecule has 2 aromatic rings. The Hall–Kier alpha value is -1.46. The van der Waals surface area contributed by atoms with Crippen LogP contribution < -0.4 is 10.1 Å². The van der Waals surface area contributed by atoms with Crippen LogP contribution in [-0.4, -0.2) is 11.0 Å². The Bertz CT molecular complexity index is 590. The Labute approximate surface area is 126 Å². The summed E-state index contributed by atoms with van der Waals surface area (Å²) in [7, 11) is 0. The maximum Gasteiger partial charge on any atom is 0.256 e. The van der Waals surface area contributed by atoms with Crippen LogP contribution >= 0.6 is 15.9 Å². The third-order valence-electron chi connectivity index (χ3n) is 2.65. The molecule has 0 fully saturated rings. The minimum atomic E-state index is -0.430. The van der Waals surface area contributed by atoms with Gasteiger partial charge in [0.05, 0.1) is 0 Å². The Morgan fingerprint density at radius 2 is 2.15 bits per heavy atom. The van der Waals surface area contributed by atoms with Gasteiger partial charge in [0.1, 0.15) is 5.75 Å². The maximum absolute atomic E-state index is 14.3. The van der Waals surface area contributed by atoms with E-state index in [1.165, 1.54) is 0 Å². The van der Waals surface area contributed by atoms with Gasteiger partial charge >= 0.3 is 0 Å². The zero-order valence-electron chi connectivity index (χ0n) is 11.4. The molecular formula is C15H16BrFN2O. The van der Waals surface area contributed by atoms with E-state index < -0.39 is 5.82 Å².